The van der Waals surface area contributed by atoms with Crippen LogP contribution in [-0.2, 0) is 6.54 Å². The first kappa shape index (κ1) is 20.9. The van der Waals surface area contributed by atoms with E-state index in [0.717, 1.165) is 5.56 Å². The van der Waals surface area contributed by atoms with Gasteiger partial charge in [0.25, 0.3) is 5.91 Å². The van der Waals surface area contributed by atoms with Crippen molar-refractivity contribution >= 4 is 17.5 Å². The lowest BCUT2D eigenvalue weighted by molar-refractivity contribution is 0.0951. The minimum atomic E-state index is -0.403. The summed E-state index contributed by atoms with van der Waals surface area (Å²) in [5.41, 5.74) is 3.17. The van der Waals surface area contributed by atoms with Crippen molar-refractivity contribution in [3.8, 4) is 5.75 Å². The van der Waals surface area contributed by atoms with Crippen molar-refractivity contribution < 1.29 is 13.9 Å². The number of para-hydroxylation sites is 1. The Morgan fingerprint density at radius 1 is 1.17 bits per heavy atom. The molecule has 0 atom stereocenters. The second-order valence-electron chi connectivity index (χ2n) is 6.78. The van der Waals surface area contributed by atoms with Gasteiger partial charge >= 0.3 is 0 Å². The Labute approximate surface area is 174 Å². The zero-order valence-corrected chi connectivity index (χ0v) is 17.2. The van der Waals surface area contributed by atoms with Crippen LogP contribution in [0.1, 0.15) is 33.6 Å². The van der Waals surface area contributed by atoms with Gasteiger partial charge in [0, 0.05) is 6.54 Å². The predicted molar refractivity (Wildman–Crippen MR) is 111 cm³/mol. The molecule has 3 aromatic rings. The quantitative estimate of drug-likeness (QED) is 0.549. The first-order valence-corrected chi connectivity index (χ1v) is 9.77. The normalized spacial score (nSPS) is 10.8. The summed E-state index contributed by atoms with van der Waals surface area (Å²) >= 11 is 6.42. The second kappa shape index (κ2) is 9.56. The molecule has 2 aromatic carbocycles. The summed E-state index contributed by atoms with van der Waals surface area (Å²) < 4.78 is 20.5. The number of carbonyl (C=O) groups excluding carboxylic acids is 1. The molecule has 0 spiro atoms. The number of hydrogen-bond donors (Lipinski definition) is 1. The smallest absolute Gasteiger partial charge is 0.256 e. The summed E-state index contributed by atoms with van der Waals surface area (Å²) in [5.74, 6) is -0.483. The van der Waals surface area contributed by atoms with E-state index in [-0.39, 0.29) is 11.7 Å². The molecule has 0 unspecified atom stereocenters. The number of halogens is 2. The van der Waals surface area contributed by atoms with Gasteiger partial charge in [0.2, 0.25) is 0 Å². The number of nitrogens with one attached hydrogen (secondary N) is 1. The highest BCUT2D eigenvalue weighted by atomic mass is 35.5. The molecule has 7 heteroatoms. The second-order valence-corrected chi connectivity index (χ2v) is 7.14. The van der Waals surface area contributed by atoms with Gasteiger partial charge in [-0.15, -0.1) is 0 Å². The summed E-state index contributed by atoms with van der Waals surface area (Å²) in [6, 6.07) is 14.3. The van der Waals surface area contributed by atoms with Gasteiger partial charge in [-0.25, -0.2) is 9.07 Å². The predicted octanol–water partition coefficient (Wildman–Crippen LogP) is 4.54. The largest absolute Gasteiger partial charge is 0.490 e. The molecule has 1 aromatic heterocycles. The first-order valence-electron chi connectivity index (χ1n) is 9.39. The van der Waals surface area contributed by atoms with Gasteiger partial charge in [-0.2, -0.15) is 5.10 Å². The lowest BCUT2D eigenvalue weighted by atomic mass is 10.1. The molecule has 0 radical (unpaired) electrons. The number of hydrogen-bond acceptors (Lipinski definition) is 3. The molecule has 152 valence electrons. The Balaban J connectivity index is 1.53. The Morgan fingerprint density at radius 2 is 1.90 bits per heavy atom. The van der Waals surface area contributed by atoms with Crippen molar-refractivity contribution in [2.24, 2.45) is 0 Å². The summed E-state index contributed by atoms with van der Waals surface area (Å²) in [6.07, 6.45) is 0.536. The molecule has 1 heterocycles. The third-order valence-corrected chi connectivity index (χ3v) is 4.83. The van der Waals surface area contributed by atoms with E-state index in [2.05, 4.69) is 10.4 Å². The molecular weight excluding hydrogens is 393 g/mol. The van der Waals surface area contributed by atoms with Crippen LogP contribution in [0.25, 0.3) is 0 Å². The monoisotopic (exact) mass is 415 g/mol. The molecule has 3 rings (SSSR count). The Hall–Kier alpha value is -2.86. The first-order chi connectivity index (χ1) is 14.0. The van der Waals surface area contributed by atoms with Gasteiger partial charge in [-0.3, -0.25) is 4.79 Å². The van der Waals surface area contributed by atoms with E-state index in [1.165, 1.54) is 11.6 Å². The number of nitrogens with zero attached hydrogens (tertiary/aromatic N) is 2. The van der Waals surface area contributed by atoms with Crippen molar-refractivity contribution in [1.82, 2.24) is 15.1 Å². The van der Waals surface area contributed by atoms with Crippen LogP contribution in [0.4, 0.5) is 4.39 Å². The standard InChI is InChI=1S/C22H23ClFN3O2/c1-15-8-10-17(11-9-15)14-27-21(23)20(16(2)26-27)22(28)25-12-5-13-29-19-7-4-3-6-18(19)24/h3-4,6-11H,5,12-14H2,1-2H3,(H,25,28). The topological polar surface area (TPSA) is 56.2 Å². The molecule has 1 N–H and O–H groups in total. The van der Waals surface area contributed by atoms with Crippen LogP contribution >= 0.6 is 11.6 Å². The average molecular weight is 416 g/mol. The fraction of sp³-hybridized carbons (Fsp3) is 0.273. The Kier molecular flexibility index (Phi) is 6.88. The number of benzene rings is 2. The van der Waals surface area contributed by atoms with Crippen LogP contribution in [0.5, 0.6) is 5.75 Å². The number of amides is 1. The van der Waals surface area contributed by atoms with Gasteiger partial charge in [-0.1, -0.05) is 53.6 Å². The molecule has 1 amide bonds. The lowest BCUT2D eigenvalue weighted by Crippen LogP contribution is -2.26. The van der Waals surface area contributed by atoms with Crippen molar-refractivity contribution in [1.29, 1.82) is 0 Å². The fourth-order valence-corrected chi connectivity index (χ4v) is 3.21. The van der Waals surface area contributed by atoms with Crippen molar-refractivity contribution in [3.63, 3.8) is 0 Å². The van der Waals surface area contributed by atoms with Crippen LogP contribution in [0.15, 0.2) is 48.5 Å². The summed E-state index contributed by atoms with van der Waals surface area (Å²) in [4.78, 5) is 12.5. The van der Waals surface area contributed by atoms with E-state index in [1.807, 2.05) is 31.2 Å². The zero-order chi connectivity index (χ0) is 20.8. The molecule has 0 saturated carbocycles. The average Bonchev–Trinajstić information content (AvgIpc) is 2.98. The van der Waals surface area contributed by atoms with Gasteiger partial charge < -0.3 is 10.1 Å². The number of aryl methyl sites for hydroxylation is 2. The number of carbonyl (C=O) groups is 1. The SMILES string of the molecule is Cc1ccc(Cn2nc(C)c(C(=O)NCCCOc3ccccc3F)c2Cl)cc1. The molecule has 0 fully saturated rings. The minimum Gasteiger partial charge on any atom is -0.490 e. The fourth-order valence-electron chi connectivity index (χ4n) is 2.89. The van der Waals surface area contributed by atoms with Gasteiger partial charge in [0.05, 0.1) is 24.4 Å². The van der Waals surface area contributed by atoms with E-state index < -0.39 is 5.82 Å². The maximum atomic E-state index is 13.5. The molecule has 0 aliphatic carbocycles. The molecule has 0 aliphatic heterocycles. The van der Waals surface area contributed by atoms with Gasteiger partial charge in [0.1, 0.15) is 5.15 Å². The van der Waals surface area contributed by atoms with E-state index in [4.69, 9.17) is 16.3 Å². The Bertz CT molecular complexity index is 986. The third-order valence-electron chi connectivity index (χ3n) is 4.45. The van der Waals surface area contributed by atoms with E-state index in [0.29, 0.717) is 42.5 Å². The van der Waals surface area contributed by atoms with E-state index in [1.54, 1.807) is 29.8 Å². The number of aromatic nitrogens is 2. The van der Waals surface area contributed by atoms with Crippen LogP contribution in [0.2, 0.25) is 5.15 Å². The molecule has 5 nitrogen and oxygen atoms in total. The Morgan fingerprint density at radius 3 is 2.62 bits per heavy atom. The molecular formula is C22H23ClFN3O2. The van der Waals surface area contributed by atoms with Crippen LogP contribution < -0.4 is 10.1 Å². The maximum Gasteiger partial charge on any atom is 0.256 e. The third kappa shape index (κ3) is 5.35. The zero-order valence-electron chi connectivity index (χ0n) is 16.4. The van der Waals surface area contributed by atoms with Gasteiger partial charge in [-0.05, 0) is 38.0 Å². The molecule has 29 heavy (non-hydrogen) atoms. The van der Waals surface area contributed by atoms with Crippen molar-refractivity contribution in [2.45, 2.75) is 26.8 Å². The van der Waals surface area contributed by atoms with Crippen LogP contribution in [0, 0.1) is 19.7 Å². The van der Waals surface area contributed by atoms with Crippen LogP contribution in [-0.4, -0.2) is 28.8 Å². The summed E-state index contributed by atoms with van der Waals surface area (Å²) in [5, 5.41) is 7.52. The highest BCUT2D eigenvalue weighted by molar-refractivity contribution is 6.33. The summed E-state index contributed by atoms with van der Waals surface area (Å²) in [6.45, 7) is 4.95. The van der Waals surface area contributed by atoms with Gasteiger partial charge in [0.15, 0.2) is 11.6 Å². The number of rotatable bonds is 8. The maximum absolute atomic E-state index is 13.5. The lowest BCUT2D eigenvalue weighted by Gasteiger charge is -2.08. The van der Waals surface area contributed by atoms with E-state index in [9.17, 15) is 9.18 Å². The molecule has 0 bridgehead atoms. The van der Waals surface area contributed by atoms with E-state index >= 15 is 0 Å². The van der Waals surface area contributed by atoms with Crippen LogP contribution in [0.3, 0.4) is 0 Å². The van der Waals surface area contributed by atoms with Crippen molar-refractivity contribution in [3.05, 3.63) is 81.9 Å². The number of ether oxygens (including phenoxy) is 1. The summed E-state index contributed by atoms with van der Waals surface area (Å²) in [7, 11) is 0. The molecule has 0 aliphatic rings. The molecule has 0 saturated heterocycles. The minimum absolute atomic E-state index is 0.204. The highest BCUT2D eigenvalue weighted by Crippen LogP contribution is 2.21. The highest BCUT2D eigenvalue weighted by Gasteiger charge is 2.20. The van der Waals surface area contributed by atoms with Crippen molar-refractivity contribution in [2.75, 3.05) is 13.2 Å².